The number of nitrogens with zero attached hydrogens (tertiary/aromatic N) is 1. The van der Waals surface area contributed by atoms with Crippen molar-refractivity contribution in [3.63, 3.8) is 0 Å². The lowest BCUT2D eigenvalue weighted by Gasteiger charge is -2.02. The number of oxime groups is 1. The normalized spacial score (nSPS) is 11.8. The number of hydrogen-bond donors (Lipinski definition) is 0. The van der Waals surface area contributed by atoms with E-state index in [4.69, 9.17) is 28.0 Å². The molecule has 6 heteroatoms. The molecular formula is C18H13Cl2NO2S. The van der Waals surface area contributed by atoms with Crippen molar-refractivity contribution in [2.75, 3.05) is 0 Å². The van der Waals surface area contributed by atoms with Crippen LogP contribution in [0.2, 0.25) is 10.0 Å². The van der Waals surface area contributed by atoms with Crippen LogP contribution in [-0.4, -0.2) is 11.7 Å². The number of aryl methyl sites for hydroxylation is 1. The Hall–Kier alpha value is -1.88. The van der Waals surface area contributed by atoms with Crippen LogP contribution in [0.15, 0.2) is 47.6 Å². The van der Waals surface area contributed by atoms with Gasteiger partial charge in [-0.05, 0) is 55.1 Å². The zero-order chi connectivity index (χ0) is 17.3. The van der Waals surface area contributed by atoms with Crippen LogP contribution in [0.5, 0.6) is 0 Å². The SMILES string of the molecule is CC(=NOC(=O)c1ccccc1Cl)c1sc2ccc(Cl)cc2c1C. The highest BCUT2D eigenvalue weighted by molar-refractivity contribution is 7.21. The zero-order valence-electron chi connectivity index (χ0n) is 13.0. The zero-order valence-corrected chi connectivity index (χ0v) is 15.3. The second-order valence-electron chi connectivity index (χ2n) is 5.23. The summed E-state index contributed by atoms with van der Waals surface area (Å²) >= 11 is 13.6. The number of benzene rings is 2. The maximum absolute atomic E-state index is 12.1. The molecule has 3 rings (SSSR count). The van der Waals surface area contributed by atoms with Gasteiger partial charge < -0.3 is 4.84 Å². The molecule has 0 aliphatic carbocycles. The second kappa shape index (κ2) is 6.93. The van der Waals surface area contributed by atoms with E-state index in [0.717, 1.165) is 20.5 Å². The molecule has 3 aromatic rings. The van der Waals surface area contributed by atoms with E-state index in [9.17, 15) is 4.79 Å². The van der Waals surface area contributed by atoms with Crippen molar-refractivity contribution >= 4 is 56.3 Å². The Balaban J connectivity index is 1.88. The Labute approximate surface area is 153 Å². The lowest BCUT2D eigenvalue weighted by atomic mass is 10.1. The maximum Gasteiger partial charge on any atom is 0.367 e. The summed E-state index contributed by atoms with van der Waals surface area (Å²) in [4.78, 5) is 18.1. The summed E-state index contributed by atoms with van der Waals surface area (Å²) < 4.78 is 1.11. The minimum absolute atomic E-state index is 0.288. The van der Waals surface area contributed by atoms with Gasteiger partial charge in [0.25, 0.3) is 0 Å². The Bertz CT molecular complexity index is 963. The van der Waals surface area contributed by atoms with Gasteiger partial charge in [0.2, 0.25) is 0 Å². The fraction of sp³-hybridized carbons (Fsp3) is 0.111. The Morgan fingerprint density at radius 3 is 2.67 bits per heavy atom. The van der Waals surface area contributed by atoms with Gasteiger partial charge in [0.15, 0.2) is 0 Å². The first-order valence-corrected chi connectivity index (χ1v) is 8.74. The second-order valence-corrected chi connectivity index (χ2v) is 7.13. The molecule has 0 aliphatic heterocycles. The molecule has 0 aliphatic rings. The summed E-state index contributed by atoms with van der Waals surface area (Å²) in [5.74, 6) is -0.582. The van der Waals surface area contributed by atoms with E-state index >= 15 is 0 Å². The first-order chi connectivity index (χ1) is 11.5. The molecule has 3 nitrogen and oxygen atoms in total. The van der Waals surface area contributed by atoms with Gasteiger partial charge in [0, 0.05) is 9.72 Å². The average Bonchev–Trinajstić information content (AvgIpc) is 2.89. The molecule has 0 unspecified atom stereocenters. The smallest absolute Gasteiger partial charge is 0.312 e. The molecule has 0 amide bonds. The van der Waals surface area contributed by atoms with Crippen molar-refractivity contribution in [3.8, 4) is 0 Å². The van der Waals surface area contributed by atoms with Crippen LogP contribution in [0, 0.1) is 6.92 Å². The molecule has 0 radical (unpaired) electrons. The quantitative estimate of drug-likeness (QED) is 0.314. The van der Waals surface area contributed by atoms with Crippen molar-refractivity contribution in [3.05, 3.63) is 68.5 Å². The van der Waals surface area contributed by atoms with E-state index in [0.29, 0.717) is 15.8 Å². The Kier molecular flexibility index (Phi) is 4.90. The summed E-state index contributed by atoms with van der Waals surface area (Å²) in [5, 5.41) is 6.08. The molecule has 0 saturated heterocycles. The number of carbonyl (C=O) groups is 1. The average molecular weight is 378 g/mol. The van der Waals surface area contributed by atoms with Crippen LogP contribution in [0.4, 0.5) is 0 Å². The molecule has 2 aromatic carbocycles. The third-order valence-electron chi connectivity index (χ3n) is 3.59. The summed E-state index contributed by atoms with van der Waals surface area (Å²) in [6, 6.07) is 12.5. The predicted molar refractivity (Wildman–Crippen MR) is 101 cm³/mol. The topological polar surface area (TPSA) is 38.7 Å². The lowest BCUT2D eigenvalue weighted by Crippen LogP contribution is -2.04. The van der Waals surface area contributed by atoms with E-state index in [1.54, 1.807) is 42.5 Å². The molecule has 24 heavy (non-hydrogen) atoms. The van der Waals surface area contributed by atoms with Crippen molar-refractivity contribution in [1.29, 1.82) is 0 Å². The highest BCUT2D eigenvalue weighted by Crippen LogP contribution is 2.33. The van der Waals surface area contributed by atoms with Crippen molar-refractivity contribution in [2.24, 2.45) is 5.16 Å². The van der Waals surface area contributed by atoms with Gasteiger partial charge >= 0.3 is 5.97 Å². The van der Waals surface area contributed by atoms with Crippen LogP contribution in [0.3, 0.4) is 0 Å². The molecule has 0 saturated carbocycles. The molecule has 0 N–H and O–H groups in total. The van der Waals surface area contributed by atoms with Crippen molar-refractivity contribution in [2.45, 2.75) is 13.8 Å². The summed E-state index contributed by atoms with van der Waals surface area (Å²) in [5.41, 5.74) is 1.98. The summed E-state index contributed by atoms with van der Waals surface area (Å²) in [7, 11) is 0. The largest absolute Gasteiger partial charge is 0.367 e. The minimum atomic E-state index is -0.582. The Morgan fingerprint density at radius 2 is 1.92 bits per heavy atom. The number of thiophene rings is 1. The van der Waals surface area contributed by atoms with E-state index in [2.05, 4.69) is 5.16 Å². The van der Waals surface area contributed by atoms with Gasteiger partial charge in [-0.1, -0.05) is 40.5 Å². The first kappa shape index (κ1) is 17.0. The highest BCUT2D eigenvalue weighted by atomic mass is 35.5. The third kappa shape index (κ3) is 3.31. The van der Waals surface area contributed by atoms with Crippen molar-refractivity contribution < 1.29 is 9.63 Å². The van der Waals surface area contributed by atoms with Gasteiger partial charge in [0.05, 0.1) is 21.2 Å². The molecule has 1 aromatic heterocycles. The monoisotopic (exact) mass is 377 g/mol. The molecule has 122 valence electrons. The standard InChI is InChI=1S/C18H13Cl2NO2S/c1-10-14-9-12(19)7-8-16(14)24-17(10)11(2)21-23-18(22)13-5-3-4-6-15(13)20/h3-9H,1-2H3. The number of hydrogen-bond acceptors (Lipinski definition) is 4. The van der Waals surface area contributed by atoms with Crippen molar-refractivity contribution in [1.82, 2.24) is 0 Å². The molecule has 0 atom stereocenters. The molecule has 0 spiro atoms. The number of halogens is 2. The van der Waals surface area contributed by atoms with Gasteiger partial charge in [-0.15, -0.1) is 11.3 Å². The van der Waals surface area contributed by atoms with Crippen LogP contribution >= 0.6 is 34.5 Å². The van der Waals surface area contributed by atoms with Crippen LogP contribution in [0.25, 0.3) is 10.1 Å². The van der Waals surface area contributed by atoms with Gasteiger partial charge in [0.1, 0.15) is 0 Å². The molecule has 0 bridgehead atoms. The van der Waals surface area contributed by atoms with E-state index in [1.807, 2.05) is 25.1 Å². The summed E-state index contributed by atoms with van der Waals surface area (Å²) in [6.07, 6.45) is 0. The number of carbonyl (C=O) groups excluding carboxylic acids is 1. The fourth-order valence-electron chi connectivity index (χ4n) is 2.37. The molecule has 1 heterocycles. The summed E-state index contributed by atoms with van der Waals surface area (Å²) in [6.45, 7) is 3.80. The number of fused-ring (bicyclic) bond motifs is 1. The lowest BCUT2D eigenvalue weighted by molar-refractivity contribution is 0.0516. The highest BCUT2D eigenvalue weighted by Gasteiger charge is 2.14. The third-order valence-corrected chi connectivity index (χ3v) is 5.53. The van der Waals surface area contributed by atoms with E-state index < -0.39 is 5.97 Å². The predicted octanol–water partition coefficient (Wildman–Crippen LogP) is 6.10. The number of rotatable bonds is 3. The molecular weight excluding hydrogens is 365 g/mol. The van der Waals surface area contributed by atoms with Crippen LogP contribution in [0.1, 0.15) is 27.7 Å². The Morgan fingerprint density at radius 1 is 1.17 bits per heavy atom. The fourth-order valence-corrected chi connectivity index (χ4v) is 3.88. The minimum Gasteiger partial charge on any atom is -0.312 e. The van der Waals surface area contributed by atoms with Crippen LogP contribution < -0.4 is 0 Å². The first-order valence-electron chi connectivity index (χ1n) is 7.17. The molecule has 0 fully saturated rings. The maximum atomic E-state index is 12.1. The van der Waals surface area contributed by atoms with Gasteiger partial charge in [-0.25, -0.2) is 4.79 Å². The van der Waals surface area contributed by atoms with E-state index in [1.165, 1.54) is 0 Å². The van der Waals surface area contributed by atoms with Gasteiger partial charge in [-0.2, -0.15) is 0 Å². The van der Waals surface area contributed by atoms with Crippen LogP contribution in [-0.2, 0) is 4.84 Å². The van der Waals surface area contributed by atoms with E-state index in [-0.39, 0.29) is 5.56 Å². The van der Waals surface area contributed by atoms with Gasteiger partial charge in [-0.3, -0.25) is 0 Å².